The lowest BCUT2D eigenvalue weighted by atomic mass is 10.0. The van der Waals surface area contributed by atoms with Gasteiger partial charge in [-0.15, -0.1) is 0 Å². The summed E-state index contributed by atoms with van der Waals surface area (Å²) in [7, 11) is 1.97. The maximum Gasteiger partial charge on any atom is 0.264 e. The summed E-state index contributed by atoms with van der Waals surface area (Å²) in [6.07, 6.45) is 7.15. The lowest BCUT2D eigenvalue weighted by Crippen LogP contribution is -2.36. The molecule has 4 aromatic heterocycles. The Morgan fingerprint density at radius 3 is 2.90 bits per heavy atom. The molecule has 0 amide bonds. The van der Waals surface area contributed by atoms with Crippen molar-refractivity contribution in [3.05, 3.63) is 70.0 Å². The molecule has 5 heterocycles. The van der Waals surface area contributed by atoms with Crippen LogP contribution in [-0.4, -0.2) is 38.1 Å². The van der Waals surface area contributed by atoms with E-state index in [0.29, 0.717) is 17.8 Å². The third-order valence-corrected chi connectivity index (χ3v) is 5.63. The third kappa shape index (κ3) is 2.99. The van der Waals surface area contributed by atoms with E-state index in [0.717, 1.165) is 47.6 Å². The minimum absolute atomic E-state index is 0.0242. The van der Waals surface area contributed by atoms with Gasteiger partial charge >= 0.3 is 0 Å². The van der Waals surface area contributed by atoms with Crippen LogP contribution in [0.3, 0.4) is 0 Å². The maximum atomic E-state index is 13.0. The fraction of sp³-hybridized carbons (Fsp3) is 0.273. The van der Waals surface area contributed by atoms with E-state index in [1.807, 2.05) is 37.2 Å². The van der Waals surface area contributed by atoms with Gasteiger partial charge in [-0.05, 0) is 42.7 Å². The first-order chi connectivity index (χ1) is 14.1. The molecule has 1 aliphatic heterocycles. The average Bonchev–Trinajstić information content (AvgIpc) is 3.13. The van der Waals surface area contributed by atoms with Crippen molar-refractivity contribution < 1.29 is 0 Å². The molecule has 0 atom stereocenters. The van der Waals surface area contributed by atoms with Crippen molar-refractivity contribution in [1.29, 1.82) is 0 Å². The Balaban J connectivity index is 1.50. The predicted molar refractivity (Wildman–Crippen MR) is 113 cm³/mol. The number of pyridine rings is 2. The minimum Gasteiger partial charge on any atom is -0.346 e. The van der Waals surface area contributed by atoms with Gasteiger partial charge in [-0.3, -0.25) is 14.3 Å². The highest BCUT2D eigenvalue weighted by molar-refractivity contribution is 5.79. The Morgan fingerprint density at radius 1 is 1.14 bits per heavy atom. The van der Waals surface area contributed by atoms with Gasteiger partial charge in [0.15, 0.2) is 0 Å². The van der Waals surface area contributed by atoms with Crippen molar-refractivity contribution in [3.8, 4) is 11.3 Å². The number of anilines is 1. The number of hydrogen-bond acceptors (Lipinski definition) is 5. The quantitative estimate of drug-likeness (QED) is 0.586. The molecule has 7 nitrogen and oxygen atoms in total. The summed E-state index contributed by atoms with van der Waals surface area (Å²) in [5.74, 6) is 0.728. The van der Waals surface area contributed by atoms with Crippen LogP contribution < -0.4 is 10.5 Å². The maximum absolute atomic E-state index is 13.0. The number of aryl methyl sites for hydroxylation is 1. The number of fused-ring (bicyclic) bond motifs is 2. The normalized spacial score (nSPS) is 13.7. The zero-order chi connectivity index (χ0) is 20.0. The largest absolute Gasteiger partial charge is 0.346 e. The van der Waals surface area contributed by atoms with E-state index in [4.69, 9.17) is 4.98 Å². The summed E-state index contributed by atoms with van der Waals surface area (Å²) in [6, 6.07) is 8.00. The molecule has 4 aromatic rings. The molecule has 7 heteroatoms. The van der Waals surface area contributed by atoms with Crippen molar-refractivity contribution >= 4 is 17.0 Å². The Morgan fingerprint density at radius 2 is 2.03 bits per heavy atom. The van der Waals surface area contributed by atoms with Gasteiger partial charge in [-0.25, -0.2) is 9.97 Å². The van der Waals surface area contributed by atoms with E-state index in [1.54, 1.807) is 17.0 Å². The second-order valence-corrected chi connectivity index (χ2v) is 7.54. The molecule has 1 N–H and O–H groups in total. The zero-order valence-corrected chi connectivity index (χ0v) is 16.5. The number of aromatic nitrogens is 5. The summed E-state index contributed by atoms with van der Waals surface area (Å²) >= 11 is 0. The summed E-state index contributed by atoms with van der Waals surface area (Å²) in [5.41, 5.74) is 5.32. The van der Waals surface area contributed by atoms with Crippen molar-refractivity contribution in [3.63, 3.8) is 0 Å². The fourth-order valence-electron chi connectivity index (χ4n) is 4.02. The van der Waals surface area contributed by atoms with E-state index in [2.05, 4.69) is 27.1 Å². The average molecular weight is 386 g/mol. The molecular weight excluding hydrogens is 364 g/mol. The first-order valence-corrected chi connectivity index (χ1v) is 9.80. The number of rotatable bonds is 3. The highest BCUT2D eigenvalue weighted by atomic mass is 16.1. The Labute approximate surface area is 168 Å². The second-order valence-electron chi connectivity index (χ2n) is 7.54. The number of aromatic amines is 1. The molecule has 0 saturated carbocycles. The number of hydrogen-bond donors (Lipinski definition) is 1. The molecule has 0 aromatic carbocycles. The van der Waals surface area contributed by atoms with Gasteiger partial charge in [0.25, 0.3) is 5.56 Å². The van der Waals surface area contributed by atoms with Gasteiger partial charge in [-0.2, -0.15) is 0 Å². The second kappa shape index (κ2) is 6.84. The lowest BCUT2D eigenvalue weighted by Gasteiger charge is -2.27. The Hall–Kier alpha value is -3.48. The topological polar surface area (TPSA) is 79.7 Å². The van der Waals surface area contributed by atoms with Crippen molar-refractivity contribution in [2.24, 2.45) is 0 Å². The fourth-order valence-corrected chi connectivity index (χ4v) is 4.02. The van der Waals surface area contributed by atoms with Gasteiger partial charge in [0, 0.05) is 56.2 Å². The molecule has 0 bridgehead atoms. The summed E-state index contributed by atoms with van der Waals surface area (Å²) in [6.45, 7) is 3.61. The molecule has 1 aliphatic rings. The van der Waals surface area contributed by atoms with Gasteiger partial charge in [-0.1, -0.05) is 6.07 Å². The standard InChI is InChI=1S/C22H22N6O/c1-14-15(11-16-12-24-20-17(16)5-3-8-23-20)6-7-19(26-14)18-13-25-22-27(2)9-4-10-28(22)21(18)29/h3,5-8,12-13H,4,9-11H2,1-2H3,(H,23,24). The molecule has 0 spiro atoms. The van der Waals surface area contributed by atoms with Crippen LogP contribution in [0.4, 0.5) is 5.95 Å². The summed E-state index contributed by atoms with van der Waals surface area (Å²) in [4.78, 5) is 31.9. The molecule has 0 fully saturated rings. The van der Waals surface area contributed by atoms with Crippen molar-refractivity contribution in [2.75, 3.05) is 18.5 Å². The lowest BCUT2D eigenvalue weighted by molar-refractivity contribution is 0.553. The van der Waals surface area contributed by atoms with Crippen LogP contribution >= 0.6 is 0 Å². The predicted octanol–water partition coefficient (Wildman–Crippen LogP) is 2.92. The molecule has 146 valence electrons. The minimum atomic E-state index is -0.0242. The molecule has 0 radical (unpaired) electrons. The van der Waals surface area contributed by atoms with Crippen LogP contribution in [0.15, 0.2) is 47.7 Å². The highest BCUT2D eigenvalue weighted by Gasteiger charge is 2.19. The first-order valence-electron chi connectivity index (χ1n) is 9.80. The van der Waals surface area contributed by atoms with Gasteiger partial charge in [0.05, 0.1) is 11.3 Å². The monoisotopic (exact) mass is 386 g/mol. The SMILES string of the molecule is Cc1nc(-c2cnc3n(c2=O)CCCN3C)ccc1Cc1c[nH]c2ncccc12. The van der Waals surface area contributed by atoms with Gasteiger partial charge in [0.2, 0.25) is 5.95 Å². The van der Waals surface area contributed by atoms with E-state index in [9.17, 15) is 4.79 Å². The van der Waals surface area contributed by atoms with E-state index >= 15 is 0 Å². The van der Waals surface area contributed by atoms with Crippen LogP contribution in [0, 0.1) is 6.92 Å². The molecule has 5 rings (SSSR count). The summed E-state index contributed by atoms with van der Waals surface area (Å²) < 4.78 is 1.75. The van der Waals surface area contributed by atoms with Crippen LogP contribution in [0.1, 0.15) is 23.2 Å². The molecular formula is C22H22N6O. The van der Waals surface area contributed by atoms with Crippen LogP contribution in [0.2, 0.25) is 0 Å². The number of nitrogens with zero attached hydrogens (tertiary/aromatic N) is 5. The number of nitrogens with one attached hydrogen (secondary N) is 1. The zero-order valence-electron chi connectivity index (χ0n) is 16.5. The summed E-state index contributed by atoms with van der Waals surface area (Å²) in [5, 5.41) is 1.12. The Kier molecular flexibility index (Phi) is 4.16. The van der Waals surface area contributed by atoms with E-state index in [1.165, 1.54) is 5.56 Å². The molecule has 0 saturated heterocycles. The number of H-pyrrole nitrogens is 1. The first kappa shape index (κ1) is 17.6. The van der Waals surface area contributed by atoms with Crippen molar-refractivity contribution in [2.45, 2.75) is 26.3 Å². The van der Waals surface area contributed by atoms with E-state index < -0.39 is 0 Å². The van der Waals surface area contributed by atoms with Crippen LogP contribution in [-0.2, 0) is 13.0 Å². The highest BCUT2D eigenvalue weighted by Crippen LogP contribution is 2.23. The molecule has 0 unspecified atom stereocenters. The van der Waals surface area contributed by atoms with Gasteiger partial charge in [0.1, 0.15) is 5.65 Å². The van der Waals surface area contributed by atoms with E-state index in [-0.39, 0.29) is 5.56 Å². The van der Waals surface area contributed by atoms with Crippen molar-refractivity contribution in [1.82, 2.24) is 24.5 Å². The van der Waals surface area contributed by atoms with Crippen LogP contribution in [0.5, 0.6) is 0 Å². The molecule has 0 aliphatic carbocycles. The molecule has 29 heavy (non-hydrogen) atoms. The third-order valence-electron chi connectivity index (χ3n) is 5.63. The van der Waals surface area contributed by atoms with Crippen LogP contribution in [0.25, 0.3) is 22.3 Å². The Bertz CT molecular complexity index is 1270. The van der Waals surface area contributed by atoms with Gasteiger partial charge < -0.3 is 9.88 Å². The smallest absolute Gasteiger partial charge is 0.264 e.